The van der Waals surface area contributed by atoms with Crippen LogP contribution in [0, 0.1) is 5.92 Å². The smallest absolute Gasteiger partial charge is 0.408 e. The number of alkyl carbamates (subject to hydrolysis) is 1. The summed E-state index contributed by atoms with van der Waals surface area (Å²) in [6, 6.07) is 13.5. The van der Waals surface area contributed by atoms with Crippen molar-refractivity contribution in [2.24, 2.45) is 5.92 Å². The molecule has 0 aromatic heterocycles. The average Bonchev–Trinajstić information content (AvgIpc) is 2.99. The summed E-state index contributed by atoms with van der Waals surface area (Å²) in [4.78, 5) is 57.2. The Morgan fingerprint density at radius 2 is 1.50 bits per heavy atom. The maximum Gasteiger partial charge on any atom is 0.408 e. The van der Waals surface area contributed by atoms with Crippen LogP contribution in [0.1, 0.15) is 111 Å². The van der Waals surface area contributed by atoms with Crippen molar-refractivity contribution >= 4 is 30.0 Å². The zero-order valence-corrected chi connectivity index (χ0v) is 30.4. The SMILES string of the molecule is C=Cc1cccc(C(C(=O)NC(Cc2ccccc2)C(=O)OC(C)(C)C)N(CCCCCC)C(=O)C(NC(=O)OC(C)(C)C)C(C)C)c1. The van der Waals surface area contributed by atoms with Gasteiger partial charge in [0.15, 0.2) is 0 Å². The van der Waals surface area contributed by atoms with E-state index in [4.69, 9.17) is 9.47 Å². The molecule has 0 radical (unpaired) electrons. The van der Waals surface area contributed by atoms with Crippen LogP contribution in [-0.4, -0.2) is 58.6 Å². The van der Waals surface area contributed by atoms with Crippen LogP contribution in [0.5, 0.6) is 0 Å². The van der Waals surface area contributed by atoms with Crippen molar-refractivity contribution in [1.82, 2.24) is 15.5 Å². The molecule has 2 N–H and O–H groups in total. The second-order valence-corrected chi connectivity index (χ2v) is 14.5. The van der Waals surface area contributed by atoms with Gasteiger partial charge in [-0.1, -0.05) is 101 Å². The van der Waals surface area contributed by atoms with Gasteiger partial charge in [0.1, 0.15) is 29.3 Å². The Morgan fingerprint density at radius 3 is 2.06 bits per heavy atom. The van der Waals surface area contributed by atoms with E-state index in [0.717, 1.165) is 30.4 Å². The average molecular weight is 664 g/mol. The fourth-order valence-electron chi connectivity index (χ4n) is 5.20. The lowest BCUT2D eigenvalue weighted by Gasteiger charge is -2.36. The second kappa shape index (κ2) is 18.4. The summed E-state index contributed by atoms with van der Waals surface area (Å²) < 4.78 is 11.2. The highest BCUT2D eigenvalue weighted by atomic mass is 16.6. The number of ether oxygens (including phenoxy) is 2. The summed E-state index contributed by atoms with van der Waals surface area (Å²) in [5.41, 5.74) is 0.610. The molecular formula is C39H57N3O6. The van der Waals surface area contributed by atoms with Gasteiger partial charge in [-0.15, -0.1) is 0 Å². The summed E-state index contributed by atoms with van der Waals surface area (Å²) in [6.45, 7) is 20.5. The van der Waals surface area contributed by atoms with Gasteiger partial charge in [0, 0.05) is 13.0 Å². The van der Waals surface area contributed by atoms with Crippen LogP contribution in [0.2, 0.25) is 0 Å². The number of carbonyl (C=O) groups excluding carboxylic acids is 4. The number of unbranched alkanes of at least 4 members (excludes halogenated alkanes) is 3. The molecule has 48 heavy (non-hydrogen) atoms. The van der Waals surface area contributed by atoms with E-state index in [1.165, 1.54) is 4.90 Å². The van der Waals surface area contributed by atoms with Gasteiger partial charge in [0.25, 0.3) is 0 Å². The molecular weight excluding hydrogens is 606 g/mol. The van der Waals surface area contributed by atoms with Crippen molar-refractivity contribution in [3.05, 3.63) is 77.9 Å². The second-order valence-electron chi connectivity index (χ2n) is 14.5. The van der Waals surface area contributed by atoms with Crippen LogP contribution in [0.25, 0.3) is 6.08 Å². The van der Waals surface area contributed by atoms with Crippen molar-refractivity contribution in [1.29, 1.82) is 0 Å². The first kappa shape index (κ1) is 40.0. The molecule has 0 aliphatic heterocycles. The van der Waals surface area contributed by atoms with Crippen LogP contribution in [0.3, 0.4) is 0 Å². The van der Waals surface area contributed by atoms with Crippen molar-refractivity contribution in [3.63, 3.8) is 0 Å². The quantitative estimate of drug-likeness (QED) is 0.143. The van der Waals surface area contributed by atoms with Gasteiger partial charge in [-0.05, 0) is 76.6 Å². The van der Waals surface area contributed by atoms with E-state index < -0.39 is 53.2 Å². The van der Waals surface area contributed by atoms with Gasteiger partial charge in [-0.25, -0.2) is 9.59 Å². The molecule has 2 aromatic carbocycles. The van der Waals surface area contributed by atoms with Gasteiger partial charge in [-0.3, -0.25) is 9.59 Å². The number of nitrogens with one attached hydrogen (secondary N) is 2. The lowest BCUT2D eigenvalue weighted by Crippen LogP contribution is -2.56. The molecule has 0 bridgehead atoms. The minimum Gasteiger partial charge on any atom is -0.458 e. The molecule has 0 spiro atoms. The van der Waals surface area contributed by atoms with Crippen molar-refractivity contribution < 1.29 is 28.7 Å². The molecule has 264 valence electrons. The molecule has 2 aromatic rings. The van der Waals surface area contributed by atoms with Gasteiger partial charge in [0.2, 0.25) is 11.8 Å². The standard InChI is InChI=1S/C39H57N3O6/c1-11-13-14-18-24-42(35(44)32(27(3)4)41-37(46)48-39(8,9)10)33(30-23-19-22-28(12-2)25-30)34(43)40-31(36(45)47-38(5,6)7)26-29-20-16-15-17-21-29/h12,15-17,19-23,25,27,31-33H,2,11,13-14,18,24,26H2,1,3-10H3,(H,40,43)(H,41,46). The van der Waals surface area contributed by atoms with Crippen LogP contribution in [0.15, 0.2) is 61.2 Å². The van der Waals surface area contributed by atoms with E-state index in [-0.39, 0.29) is 18.9 Å². The van der Waals surface area contributed by atoms with E-state index in [9.17, 15) is 19.2 Å². The Labute approximate surface area is 287 Å². The zero-order valence-electron chi connectivity index (χ0n) is 30.4. The van der Waals surface area contributed by atoms with Gasteiger partial charge >= 0.3 is 12.1 Å². The topological polar surface area (TPSA) is 114 Å². The first-order chi connectivity index (χ1) is 22.5. The molecule has 9 heteroatoms. The number of carbonyl (C=O) groups is 4. The van der Waals surface area contributed by atoms with Gasteiger partial charge < -0.3 is 25.0 Å². The molecule has 9 nitrogen and oxygen atoms in total. The monoisotopic (exact) mass is 663 g/mol. The van der Waals surface area contributed by atoms with Crippen LogP contribution in [0.4, 0.5) is 4.79 Å². The molecule has 2 rings (SSSR count). The Hall–Kier alpha value is -4.14. The summed E-state index contributed by atoms with van der Waals surface area (Å²) in [5.74, 6) is -1.86. The third-order valence-electron chi connectivity index (χ3n) is 7.45. The van der Waals surface area contributed by atoms with Crippen LogP contribution >= 0.6 is 0 Å². The molecule has 0 saturated carbocycles. The van der Waals surface area contributed by atoms with Crippen LogP contribution in [-0.2, 0) is 30.3 Å². The molecule has 3 unspecified atom stereocenters. The van der Waals surface area contributed by atoms with Crippen molar-refractivity contribution in [2.75, 3.05) is 6.54 Å². The maximum absolute atomic E-state index is 14.6. The summed E-state index contributed by atoms with van der Waals surface area (Å²) in [6.07, 6.45) is 4.59. The fraction of sp³-hybridized carbons (Fsp3) is 0.538. The fourth-order valence-corrected chi connectivity index (χ4v) is 5.20. The number of esters is 1. The molecule has 0 aliphatic rings. The van der Waals surface area contributed by atoms with E-state index in [1.54, 1.807) is 59.8 Å². The normalized spacial score (nSPS) is 13.5. The highest BCUT2D eigenvalue weighted by Crippen LogP contribution is 2.27. The van der Waals surface area contributed by atoms with Crippen molar-refractivity contribution in [2.45, 2.75) is 124 Å². The minimum atomic E-state index is -1.12. The summed E-state index contributed by atoms with van der Waals surface area (Å²) in [7, 11) is 0. The number of benzene rings is 2. The summed E-state index contributed by atoms with van der Waals surface area (Å²) >= 11 is 0. The Morgan fingerprint density at radius 1 is 0.854 bits per heavy atom. The van der Waals surface area contributed by atoms with E-state index in [0.29, 0.717) is 12.0 Å². The zero-order chi connectivity index (χ0) is 36.1. The molecule has 0 fully saturated rings. The molecule has 0 heterocycles. The molecule has 0 aliphatic carbocycles. The van der Waals surface area contributed by atoms with Crippen LogP contribution < -0.4 is 10.6 Å². The third kappa shape index (κ3) is 13.5. The first-order valence-electron chi connectivity index (χ1n) is 17.0. The number of rotatable bonds is 16. The number of amides is 3. The van der Waals surface area contributed by atoms with Gasteiger partial charge in [0.05, 0.1) is 0 Å². The Balaban J connectivity index is 2.66. The predicted octanol–water partition coefficient (Wildman–Crippen LogP) is 7.40. The predicted molar refractivity (Wildman–Crippen MR) is 191 cm³/mol. The minimum absolute atomic E-state index is 0.195. The molecule has 0 saturated heterocycles. The highest BCUT2D eigenvalue weighted by molar-refractivity contribution is 5.94. The van der Waals surface area contributed by atoms with E-state index in [2.05, 4.69) is 24.1 Å². The molecule has 3 amide bonds. The lowest BCUT2D eigenvalue weighted by atomic mass is 9.96. The lowest BCUT2D eigenvalue weighted by molar-refractivity contribution is -0.159. The Kier molecular flexibility index (Phi) is 15.4. The van der Waals surface area contributed by atoms with Gasteiger partial charge in [-0.2, -0.15) is 0 Å². The first-order valence-corrected chi connectivity index (χ1v) is 17.0. The van der Waals surface area contributed by atoms with E-state index >= 15 is 0 Å². The maximum atomic E-state index is 14.6. The Bertz CT molecular complexity index is 1360. The summed E-state index contributed by atoms with van der Waals surface area (Å²) in [5, 5.41) is 5.72. The highest BCUT2D eigenvalue weighted by Gasteiger charge is 2.39. The van der Waals surface area contributed by atoms with Crippen molar-refractivity contribution in [3.8, 4) is 0 Å². The number of hydrogen-bond acceptors (Lipinski definition) is 6. The number of hydrogen-bond donors (Lipinski definition) is 2. The third-order valence-corrected chi connectivity index (χ3v) is 7.45. The molecule has 3 atom stereocenters. The van der Waals surface area contributed by atoms with E-state index in [1.807, 2.05) is 56.3 Å². The largest absolute Gasteiger partial charge is 0.458 e. The number of nitrogens with zero attached hydrogens (tertiary/aromatic N) is 1.